The molecule has 0 amide bonds. The first-order chi connectivity index (χ1) is 13.1. The van der Waals surface area contributed by atoms with Gasteiger partial charge in [-0.2, -0.15) is 5.26 Å². The molecule has 3 rings (SSSR count). The smallest absolute Gasteiger partial charge is 0.118 e. The fraction of sp³-hybridized carbons (Fsp3) is 0.130. The van der Waals surface area contributed by atoms with E-state index in [9.17, 15) is 5.26 Å². The maximum atomic E-state index is 9.84. The van der Waals surface area contributed by atoms with Crippen LogP contribution in [0.1, 0.15) is 12.5 Å². The summed E-state index contributed by atoms with van der Waals surface area (Å²) in [6.07, 6.45) is 0. The molecular weight excluding hydrogens is 352 g/mol. The number of nitrogens with zero attached hydrogens (tertiary/aromatic N) is 2. The number of thioether (sulfide) groups is 1. The summed E-state index contributed by atoms with van der Waals surface area (Å²) in [5, 5.41) is 10.6. The molecule has 0 radical (unpaired) electrons. The summed E-state index contributed by atoms with van der Waals surface area (Å²) in [4.78, 5) is 4.78. The minimum Gasteiger partial charge on any atom is -0.497 e. The number of rotatable bonds is 6. The van der Waals surface area contributed by atoms with Gasteiger partial charge in [-0.05, 0) is 30.7 Å². The number of aromatic nitrogens is 1. The van der Waals surface area contributed by atoms with Crippen LogP contribution < -0.4 is 4.74 Å². The van der Waals surface area contributed by atoms with E-state index in [4.69, 9.17) is 9.72 Å². The molecule has 0 saturated heterocycles. The summed E-state index contributed by atoms with van der Waals surface area (Å²) in [6.45, 7) is 5.94. The number of benzene rings is 2. The van der Waals surface area contributed by atoms with Crippen molar-refractivity contribution in [3.63, 3.8) is 0 Å². The highest BCUT2D eigenvalue weighted by molar-refractivity contribution is 7.99. The lowest BCUT2D eigenvalue weighted by Gasteiger charge is -2.13. The highest BCUT2D eigenvalue weighted by atomic mass is 32.2. The van der Waals surface area contributed by atoms with Crippen LogP contribution in [0.3, 0.4) is 0 Å². The Hall–Kier alpha value is -3.03. The van der Waals surface area contributed by atoms with Crippen molar-refractivity contribution in [2.24, 2.45) is 0 Å². The van der Waals surface area contributed by atoms with Crippen molar-refractivity contribution in [3.05, 3.63) is 78.4 Å². The van der Waals surface area contributed by atoms with Crippen molar-refractivity contribution in [1.82, 2.24) is 4.98 Å². The van der Waals surface area contributed by atoms with Gasteiger partial charge in [0.1, 0.15) is 16.8 Å². The third kappa shape index (κ3) is 4.39. The maximum Gasteiger partial charge on any atom is 0.118 e. The van der Waals surface area contributed by atoms with Crippen molar-refractivity contribution >= 4 is 11.8 Å². The summed E-state index contributed by atoms with van der Waals surface area (Å²) in [6, 6.07) is 22.1. The van der Waals surface area contributed by atoms with E-state index in [1.54, 1.807) is 18.9 Å². The minimum absolute atomic E-state index is 0.589. The molecule has 3 aromatic rings. The van der Waals surface area contributed by atoms with Crippen LogP contribution in [-0.4, -0.2) is 17.8 Å². The van der Waals surface area contributed by atoms with E-state index in [2.05, 4.69) is 12.6 Å². The Labute approximate surface area is 164 Å². The fourth-order valence-electron chi connectivity index (χ4n) is 2.68. The summed E-state index contributed by atoms with van der Waals surface area (Å²) in [5.74, 6) is 1.51. The van der Waals surface area contributed by atoms with Crippen LogP contribution in [0.5, 0.6) is 5.75 Å². The molecule has 1 heterocycles. The predicted molar refractivity (Wildman–Crippen MR) is 112 cm³/mol. The van der Waals surface area contributed by atoms with Crippen molar-refractivity contribution in [3.8, 4) is 34.2 Å². The van der Waals surface area contributed by atoms with Crippen LogP contribution in [0.4, 0.5) is 0 Å². The lowest BCUT2D eigenvalue weighted by atomic mass is 9.99. The molecule has 0 saturated carbocycles. The molecule has 0 aliphatic rings. The standard InChI is InChI=1S/C23H20N2OS/c1-16(2)15-27-23-21(14-24)20(17-9-11-19(26-3)12-10-17)13-22(25-23)18-7-5-4-6-8-18/h4-13H,1,15H2,2-3H3. The zero-order valence-corrected chi connectivity index (χ0v) is 16.2. The Morgan fingerprint density at radius 2 is 1.81 bits per heavy atom. The number of ether oxygens (including phenoxy) is 1. The average Bonchev–Trinajstić information content (AvgIpc) is 2.72. The van der Waals surface area contributed by atoms with Gasteiger partial charge in [-0.15, -0.1) is 11.8 Å². The van der Waals surface area contributed by atoms with E-state index in [1.165, 1.54) is 0 Å². The number of nitriles is 1. The quantitative estimate of drug-likeness (QED) is 0.395. The Kier molecular flexibility index (Phi) is 5.95. The predicted octanol–water partition coefficient (Wildman–Crippen LogP) is 5.96. The Morgan fingerprint density at radius 1 is 1.11 bits per heavy atom. The van der Waals surface area contributed by atoms with Gasteiger partial charge in [0.25, 0.3) is 0 Å². The van der Waals surface area contributed by atoms with Crippen LogP contribution in [-0.2, 0) is 0 Å². The molecule has 0 spiro atoms. The second kappa shape index (κ2) is 8.57. The average molecular weight is 372 g/mol. The minimum atomic E-state index is 0.589. The Balaban J connectivity index is 2.18. The van der Waals surface area contributed by atoms with E-state index < -0.39 is 0 Å². The molecule has 0 atom stereocenters. The maximum absolute atomic E-state index is 9.84. The van der Waals surface area contributed by atoms with Gasteiger partial charge < -0.3 is 4.74 Å². The van der Waals surface area contributed by atoms with Crippen LogP contribution in [0, 0.1) is 11.3 Å². The number of hydrogen-bond acceptors (Lipinski definition) is 4. The zero-order valence-electron chi connectivity index (χ0n) is 15.4. The molecule has 0 aliphatic heterocycles. The molecular formula is C23H20N2OS. The van der Waals surface area contributed by atoms with E-state index in [0.717, 1.165) is 44.5 Å². The van der Waals surface area contributed by atoms with Crippen molar-refractivity contribution < 1.29 is 4.74 Å². The highest BCUT2D eigenvalue weighted by Crippen LogP contribution is 2.35. The first-order valence-corrected chi connectivity index (χ1v) is 9.53. The van der Waals surface area contributed by atoms with E-state index in [0.29, 0.717) is 5.56 Å². The molecule has 0 aliphatic carbocycles. The van der Waals surface area contributed by atoms with Crippen molar-refractivity contribution in [2.45, 2.75) is 11.9 Å². The van der Waals surface area contributed by atoms with E-state index >= 15 is 0 Å². The molecule has 134 valence electrons. The first-order valence-electron chi connectivity index (χ1n) is 8.54. The lowest BCUT2D eigenvalue weighted by molar-refractivity contribution is 0.415. The SMILES string of the molecule is C=C(C)CSc1nc(-c2ccccc2)cc(-c2ccc(OC)cc2)c1C#N. The van der Waals surface area contributed by atoms with E-state index in [1.807, 2.05) is 67.6 Å². The molecule has 3 nitrogen and oxygen atoms in total. The van der Waals surface area contributed by atoms with Gasteiger partial charge in [0.05, 0.1) is 18.4 Å². The summed E-state index contributed by atoms with van der Waals surface area (Å²) in [5.41, 5.74) is 5.34. The number of pyridine rings is 1. The van der Waals surface area contributed by atoms with Crippen LogP contribution >= 0.6 is 11.8 Å². The van der Waals surface area contributed by atoms with Crippen molar-refractivity contribution in [1.29, 1.82) is 5.26 Å². The first kappa shape index (κ1) is 18.8. The van der Waals surface area contributed by atoms with Gasteiger partial charge in [-0.3, -0.25) is 0 Å². The van der Waals surface area contributed by atoms with Crippen LogP contribution in [0.2, 0.25) is 0 Å². The number of hydrogen-bond donors (Lipinski definition) is 0. The van der Waals surface area contributed by atoms with Gasteiger partial charge in [-0.1, -0.05) is 54.6 Å². The van der Waals surface area contributed by atoms with Gasteiger partial charge in [0, 0.05) is 16.9 Å². The molecule has 27 heavy (non-hydrogen) atoms. The topological polar surface area (TPSA) is 45.9 Å². The van der Waals surface area contributed by atoms with Crippen LogP contribution in [0.25, 0.3) is 22.4 Å². The van der Waals surface area contributed by atoms with Gasteiger partial charge in [0.15, 0.2) is 0 Å². The second-order valence-electron chi connectivity index (χ2n) is 6.19. The Morgan fingerprint density at radius 3 is 2.41 bits per heavy atom. The third-order valence-corrected chi connectivity index (χ3v) is 5.23. The van der Waals surface area contributed by atoms with Crippen molar-refractivity contribution in [2.75, 3.05) is 12.9 Å². The van der Waals surface area contributed by atoms with Gasteiger partial charge >= 0.3 is 0 Å². The molecule has 0 bridgehead atoms. The third-order valence-electron chi connectivity index (χ3n) is 4.02. The van der Waals surface area contributed by atoms with Gasteiger partial charge in [-0.25, -0.2) is 4.98 Å². The summed E-state index contributed by atoms with van der Waals surface area (Å²) < 4.78 is 5.25. The monoisotopic (exact) mass is 372 g/mol. The Bertz CT molecular complexity index is 989. The molecule has 4 heteroatoms. The molecule has 0 unspecified atom stereocenters. The largest absolute Gasteiger partial charge is 0.497 e. The summed E-state index contributed by atoms with van der Waals surface area (Å²) in [7, 11) is 1.64. The normalized spacial score (nSPS) is 10.3. The summed E-state index contributed by atoms with van der Waals surface area (Å²) >= 11 is 1.55. The molecule has 0 N–H and O–H groups in total. The number of methoxy groups -OCH3 is 1. The van der Waals surface area contributed by atoms with E-state index in [-0.39, 0.29) is 0 Å². The fourth-order valence-corrected chi connectivity index (χ4v) is 3.53. The molecule has 0 fully saturated rings. The zero-order chi connectivity index (χ0) is 19.2. The molecule has 2 aromatic carbocycles. The highest BCUT2D eigenvalue weighted by Gasteiger charge is 2.16. The van der Waals surface area contributed by atoms with Crippen LogP contribution in [0.15, 0.2) is 77.8 Å². The second-order valence-corrected chi connectivity index (χ2v) is 7.15. The van der Waals surface area contributed by atoms with Gasteiger partial charge in [0.2, 0.25) is 0 Å². The molecule has 1 aromatic heterocycles. The lowest BCUT2D eigenvalue weighted by Crippen LogP contribution is -1.97.